The van der Waals surface area contributed by atoms with Gasteiger partial charge in [-0.05, 0) is 32.0 Å². The molecule has 0 saturated heterocycles. The minimum Gasteiger partial charge on any atom is -0.497 e. The average molecular weight is 289 g/mol. The summed E-state index contributed by atoms with van der Waals surface area (Å²) in [6.45, 7) is 4.50. The summed E-state index contributed by atoms with van der Waals surface area (Å²) in [5.41, 5.74) is 1.40. The van der Waals surface area contributed by atoms with E-state index in [9.17, 15) is 4.39 Å². The van der Waals surface area contributed by atoms with Gasteiger partial charge >= 0.3 is 0 Å². The van der Waals surface area contributed by atoms with Crippen molar-refractivity contribution in [2.45, 2.75) is 19.9 Å². The zero-order valence-corrected chi connectivity index (χ0v) is 12.5. The predicted octanol–water partition coefficient (Wildman–Crippen LogP) is 4.41. The lowest BCUT2D eigenvalue weighted by molar-refractivity contribution is 0.335. The van der Waals surface area contributed by atoms with Gasteiger partial charge in [0.2, 0.25) is 0 Å². The molecule has 0 radical (unpaired) electrons. The number of ether oxygens (including phenoxy) is 2. The van der Waals surface area contributed by atoms with Gasteiger partial charge in [-0.2, -0.15) is 0 Å². The molecule has 0 saturated carbocycles. The van der Waals surface area contributed by atoms with Crippen LogP contribution in [0.4, 0.5) is 10.1 Å². The van der Waals surface area contributed by atoms with Gasteiger partial charge < -0.3 is 14.8 Å². The molecule has 0 aliphatic heterocycles. The second-order valence-electron chi connectivity index (χ2n) is 4.68. The first-order valence-electron chi connectivity index (χ1n) is 6.97. The average Bonchev–Trinajstić information content (AvgIpc) is 2.50. The molecular weight excluding hydrogens is 269 g/mol. The minimum absolute atomic E-state index is 0.0886. The fourth-order valence-corrected chi connectivity index (χ4v) is 2.18. The summed E-state index contributed by atoms with van der Waals surface area (Å²) in [6.07, 6.45) is 0. The van der Waals surface area contributed by atoms with Crippen LogP contribution in [0.3, 0.4) is 0 Å². The molecule has 1 N–H and O–H groups in total. The molecule has 0 spiro atoms. The van der Waals surface area contributed by atoms with Crippen molar-refractivity contribution in [1.29, 1.82) is 0 Å². The van der Waals surface area contributed by atoms with Crippen molar-refractivity contribution in [3.63, 3.8) is 0 Å². The summed E-state index contributed by atoms with van der Waals surface area (Å²) in [4.78, 5) is 0. The van der Waals surface area contributed by atoms with Crippen molar-refractivity contribution in [1.82, 2.24) is 0 Å². The van der Waals surface area contributed by atoms with Gasteiger partial charge in [-0.15, -0.1) is 0 Å². The second kappa shape index (κ2) is 6.97. The molecule has 0 aromatic heterocycles. The van der Waals surface area contributed by atoms with Crippen LogP contribution >= 0.6 is 0 Å². The van der Waals surface area contributed by atoms with Crippen molar-refractivity contribution in [3.05, 3.63) is 53.8 Å². The number of para-hydroxylation sites is 1. The van der Waals surface area contributed by atoms with Crippen molar-refractivity contribution in [2.75, 3.05) is 19.0 Å². The van der Waals surface area contributed by atoms with Gasteiger partial charge in [-0.1, -0.05) is 18.2 Å². The third-order valence-electron chi connectivity index (χ3n) is 3.23. The normalized spacial score (nSPS) is 11.8. The summed E-state index contributed by atoms with van der Waals surface area (Å²) in [5, 5.41) is 3.16. The highest BCUT2D eigenvalue weighted by Crippen LogP contribution is 2.30. The molecule has 0 aliphatic carbocycles. The number of halogens is 1. The Kier molecular flexibility index (Phi) is 5.04. The standard InChI is InChI=1S/C17H20FNO2/c1-4-21-17-8-6-5-7-14(17)12(2)19-16-11-13(20-3)9-10-15(16)18/h5-12,19H,4H2,1-3H3. The number of hydrogen-bond donors (Lipinski definition) is 1. The number of benzene rings is 2. The van der Waals surface area contributed by atoms with Crippen molar-refractivity contribution in [3.8, 4) is 11.5 Å². The fraction of sp³-hybridized carbons (Fsp3) is 0.294. The Bertz CT molecular complexity index is 601. The molecule has 0 amide bonds. The number of rotatable bonds is 6. The largest absolute Gasteiger partial charge is 0.497 e. The van der Waals surface area contributed by atoms with Crippen LogP contribution in [0.1, 0.15) is 25.5 Å². The van der Waals surface area contributed by atoms with Gasteiger partial charge in [0.05, 0.1) is 25.4 Å². The van der Waals surface area contributed by atoms with E-state index in [4.69, 9.17) is 9.47 Å². The van der Waals surface area contributed by atoms with Crippen LogP contribution in [-0.2, 0) is 0 Å². The molecule has 2 rings (SSSR count). The van der Waals surface area contributed by atoms with Crippen LogP contribution in [-0.4, -0.2) is 13.7 Å². The highest BCUT2D eigenvalue weighted by Gasteiger charge is 2.13. The molecular formula is C17H20FNO2. The lowest BCUT2D eigenvalue weighted by Gasteiger charge is -2.19. The zero-order valence-electron chi connectivity index (χ0n) is 12.5. The third-order valence-corrected chi connectivity index (χ3v) is 3.23. The molecule has 1 atom stereocenters. The van der Waals surface area contributed by atoms with Gasteiger partial charge in [0.15, 0.2) is 0 Å². The van der Waals surface area contributed by atoms with E-state index in [2.05, 4.69) is 5.32 Å². The van der Waals surface area contributed by atoms with Gasteiger partial charge in [0.25, 0.3) is 0 Å². The quantitative estimate of drug-likeness (QED) is 0.854. The Hall–Kier alpha value is -2.23. The van der Waals surface area contributed by atoms with E-state index >= 15 is 0 Å². The molecule has 2 aromatic carbocycles. The monoisotopic (exact) mass is 289 g/mol. The molecule has 1 unspecified atom stereocenters. The van der Waals surface area contributed by atoms with Crippen LogP contribution in [0.15, 0.2) is 42.5 Å². The highest BCUT2D eigenvalue weighted by molar-refractivity contribution is 5.52. The van der Waals surface area contributed by atoms with Crippen molar-refractivity contribution < 1.29 is 13.9 Å². The lowest BCUT2D eigenvalue weighted by Crippen LogP contribution is -2.10. The van der Waals surface area contributed by atoms with Crippen LogP contribution in [0.5, 0.6) is 11.5 Å². The SMILES string of the molecule is CCOc1ccccc1C(C)Nc1cc(OC)ccc1F. The molecule has 0 heterocycles. The van der Waals surface area contributed by atoms with Crippen LogP contribution in [0, 0.1) is 5.82 Å². The number of hydrogen-bond acceptors (Lipinski definition) is 3. The Morgan fingerprint density at radius 2 is 1.95 bits per heavy atom. The van der Waals surface area contributed by atoms with E-state index in [1.165, 1.54) is 6.07 Å². The summed E-state index contributed by atoms with van der Waals surface area (Å²) in [6, 6.07) is 12.3. The summed E-state index contributed by atoms with van der Waals surface area (Å²) in [7, 11) is 1.56. The first-order valence-corrected chi connectivity index (χ1v) is 6.97. The molecule has 4 heteroatoms. The first-order chi connectivity index (χ1) is 10.2. The van der Waals surface area contributed by atoms with E-state index in [1.54, 1.807) is 19.2 Å². The topological polar surface area (TPSA) is 30.5 Å². The van der Waals surface area contributed by atoms with Gasteiger partial charge in [0, 0.05) is 11.6 Å². The van der Waals surface area contributed by atoms with Crippen LogP contribution in [0.25, 0.3) is 0 Å². The fourth-order valence-electron chi connectivity index (χ4n) is 2.18. The summed E-state index contributed by atoms with van der Waals surface area (Å²) >= 11 is 0. The Labute approximate surface area is 124 Å². The van der Waals surface area contributed by atoms with E-state index in [1.807, 2.05) is 38.1 Å². The number of nitrogens with one attached hydrogen (secondary N) is 1. The van der Waals surface area contributed by atoms with Gasteiger partial charge in [-0.25, -0.2) is 4.39 Å². The maximum Gasteiger partial charge on any atom is 0.146 e. The number of methoxy groups -OCH3 is 1. The maximum absolute atomic E-state index is 13.9. The van der Waals surface area contributed by atoms with E-state index in [0.717, 1.165) is 11.3 Å². The van der Waals surface area contributed by atoms with E-state index < -0.39 is 0 Å². The lowest BCUT2D eigenvalue weighted by atomic mass is 10.1. The molecule has 3 nitrogen and oxygen atoms in total. The van der Waals surface area contributed by atoms with E-state index in [0.29, 0.717) is 18.0 Å². The Balaban J connectivity index is 2.23. The molecule has 0 bridgehead atoms. The van der Waals surface area contributed by atoms with Crippen molar-refractivity contribution in [2.24, 2.45) is 0 Å². The smallest absolute Gasteiger partial charge is 0.146 e. The predicted molar refractivity (Wildman–Crippen MR) is 82.6 cm³/mol. The van der Waals surface area contributed by atoms with Gasteiger partial charge in [-0.3, -0.25) is 0 Å². The Morgan fingerprint density at radius 1 is 1.19 bits per heavy atom. The van der Waals surface area contributed by atoms with Gasteiger partial charge in [0.1, 0.15) is 17.3 Å². The highest BCUT2D eigenvalue weighted by atomic mass is 19.1. The summed E-state index contributed by atoms with van der Waals surface area (Å²) in [5.74, 6) is 1.11. The molecule has 21 heavy (non-hydrogen) atoms. The van der Waals surface area contributed by atoms with Crippen LogP contribution < -0.4 is 14.8 Å². The second-order valence-corrected chi connectivity index (χ2v) is 4.68. The zero-order chi connectivity index (χ0) is 15.2. The Morgan fingerprint density at radius 3 is 2.67 bits per heavy atom. The van der Waals surface area contributed by atoms with Crippen LogP contribution in [0.2, 0.25) is 0 Å². The summed E-state index contributed by atoms with van der Waals surface area (Å²) < 4.78 is 24.6. The first kappa shape index (κ1) is 15.2. The molecule has 0 fully saturated rings. The minimum atomic E-state index is -0.309. The molecule has 2 aromatic rings. The third kappa shape index (κ3) is 3.66. The van der Waals surface area contributed by atoms with Crippen molar-refractivity contribution >= 4 is 5.69 Å². The molecule has 112 valence electrons. The maximum atomic E-state index is 13.9. The molecule has 0 aliphatic rings. The van der Waals surface area contributed by atoms with E-state index in [-0.39, 0.29) is 11.9 Å². The number of anilines is 1.